The second-order valence-corrected chi connectivity index (χ2v) is 20.2. The van der Waals surface area contributed by atoms with Gasteiger partial charge in [0.25, 0.3) is 0 Å². The smallest absolute Gasteiger partial charge is 0.206 e. The third-order valence-electron chi connectivity index (χ3n) is 9.58. The molecule has 2 nitrogen and oxygen atoms in total. The van der Waals surface area contributed by atoms with Crippen molar-refractivity contribution < 1.29 is 8.85 Å². The van der Waals surface area contributed by atoms with E-state index in [0.717, 1.165) is 0 Å². The van der Waals surface area contributed by atoms with Gasteiger partial charge in [-0.05, 0) is 92.2 Å². The molecule has 3 heterocycles. The fourth-order valence-electron chi connectivity index (χ4n) is 8.30. The zero-order valence-corrected chi connectivity index (χ0v) is 23.1. The molecule has 4 heteroatoms. The molecule has 0 N–H and O–H groups in total. The van der Waals surface area contributed by atoms with E-state index in [4.69, 9.17) is 8.85 Å². The summed E-state index contributed by atoms with van der Waals surface area (Å²) in [6.45, 7) is 9.46. The Labute approximate surface area is 214 Å². The van der Waals surface area contributed by atoms with Gasteiger partial charge in [0.1, 0.15) is 12.2 Å². The van der Waals surface area contributed by atoms with Crippen LogP contribution in [-0.4, -0.2) is 16.6 Å². The maximum atomic E-state index is 6.78. The van der Waals surface area contributed by atoms with Crippen molar-refractivity contribution in [3.05, 3.63) is 128 Å². The van der Waals surface area contributed by atoms with Crippen LogP contribution in [0, 0.1) is 0 Å². The summed E-state index contributed by atoms with van der Waals surface area (Å²) < 4.78 is 13.6. The minimum absolute atomic E-state index is 0.0525. The summed E-state index contributed by atoms with van der Waals surface area (Å²) in [5.74, 6) is 0.626. The minimum Gasteiger partial charge on any atom is -0.449 e. The van der Waals surface area contributed by atoms with Crippen molar-refractivity contribution in [2.75, 3.05) is 0 Å². The van der Waals surface area contributed by atoms with Crippen molar-refractivity contribution in [2.45, 2.75) is 50.2 Å². The normalized spacial score (nSPS) is 27.7. The van der Waals surface area contributed by atoms with Crippen molar-refractivity contribution in [1.29, 1.82) is 0 Å². The van der Waals surface area contributed by atoms with Crippen LogP contribution in [-0.2, 0) is 8.85 Å². The summed E-state index contributed by atoms with van der Waals surface area (Å²) in [7, 11) is -3.73. The Kier molecular flexibility index (Phi) is 3.50. The zero-order chi connectivity index (χ0) is 24.1. The highest BCUT2D eigenvalue weighted by Gasteiger charge is 2.51. The summed E-state index contributed by atoms with van der Waals surface area (Å²) >= 11 is 0. The summed E-state index contributed by atoms with van der Waals surface area (Å²) in [4.78, 5) is 0. The SMILES string of the molecule is C[Si]1(C)O[Si](C)(C)c2cc3c(cc21)[C@@H]1O[C@H]3c2cc3c(cc21)C1c2ccccc2C3c2ccccc21. The van der Waals surface area contributed by atoms with Crippen molar-refractivity contribution in [3.8, 4) is 0 Å². The lowest BCUT2D eigenvalue weighted by Gasteiger charge is -2.42. The highest BCUT2D eigenvalue weighted by Crippen LogP contribution is 2.60. The first kappa shape index (κ1) is 20.3. The van der Waals surface area contributed by atoms with E-state index in [9.17, 15) is 0 Å². The van der Waals surface area contributed by atoms with Crippen LogP contribution >= 0.6 is 0 Å². The lowest BCUT2D eigenvalue weighted by molar-refractivity contribution is 0.0857. The molecule has 3 aliphatic carbocycles. The van der Waals surface area contributed by atoms with Crippen LogP contribution in [0.5, 0.6) is 0 Å². The van der Waals surface area contributed by atoms with E-state index in [-0.39, 0.29) is 12.2 Å². The summed E-state index contributed by atoms with van der Waals surface area (Å²) in [5.41, 5.74) is 14.5. The summed E-state index contributed by atoms with van der Waals surface area (Å²) in [6, 6.07) is 28.2. The number of hydrogen-bond donors (Lipinski definition) is 0. The first-order valence-corrected chi connectivity index (χ1v) is 19.0. The topological polar surface area (TPSA) is 18.5 Å². The molecule has 0 amide bonds. The van der Waals surface area contributed by atoms with Crippen molar-refractivity contribution in [3.63, 3.8) is 0 Å². The third-order valence-corrected chi connectivity index (χ3v) is 17.3. The Bertz CT molecular complexity index is 1520. The number of rotatable bonds is 0. The molecule has 4 bridgehead atoms. The van der Waals surface area contributed by atoms with E-state index in [0.29, 0.717) is 11.8 Å². The van der Waals surface area contributed by atoms with Gasteiger partial charge in [-0.15, -0.1) is 0 Å². The Hall–Kier alpha value is -2.77. The molecule has 3 aliphatic heterocycles. The fourth-order valence-corrected chi connectivity index (χ4v) is 18.5. The van der Waals surface area contributed by atoms with Gasteiger partial charge in [0.05, 0.1) is 0 Å². The molecule has 0 unspecified atom stereocenters. The molecule has 10 rings (SSSR count). The van der Waals surface area contributed by atoms with Crippen molar-refractivity contribution in [1.82, 2.24) is 0 Å². The second kappa shape index (κ2) is 6.20. The quantitative estimate of drug-likeness (QED) is 0.236. The number of ether oxygens (including phenoxy) is 1. The molecule has 4 aromatic rings. The summed E-state index contributed by atoms with van der Waals surface area (Å²) in [6.07, 6.45) is 0.105. The van der Waals surface area contributed by atoms with Crippen LogP contribution in [0.1, 0.15) is 79.7 Å². The molecule has 0 saturated carbocycles. The molecule has 2 atom stereocenters. The van der Waals surface area contributed by atoms with Crippen LogP contribution < -0.4 is 10.4 Å². The summed E-state index contributed by atoms with van der Waals surface area (Å²) in [5, 5.41) is 3.02. The fraction of sp³-hybridized carbons (Fsp3) is 0.250. The molecule has 0 aromatic heterocycles. The number of fused-ring (bicyclic) bond motifs is 9. The minimum atomic E-state index is -1.87. The largest absolute Gasteiger partial charge is 0.449 e. The molecule has 36 heavy (non-hydrogen) atoms. The van der Waals surface area contributed by atoms with Gasteiger partial charge in [-0.25, -0.2) is 0 Å². The molecular weight excluding hydrogens is 473 g/mol. The molecule has 176 valence electrons. The van der Waals surface area contributed by atoms with Gasteiger partial charge in [-0.3, -0.25) is 0 Å². The molecule has 0 saturated heterocycles. The number of benzene rings is 4. The zero-order valence-electron chi connectivity index (χ0n) is 21.1. The van der Waals surface area contributed by atoms with Gasteiger partial charge in [0.2, 0.25) is 16.6 Å². The van der Waals surface area contributed by atoms with E-state index >= 15 is 0 Å². The Morgan fingerprint density at radius 2 is 0.833 bits per heavy atom. The monoisotopic (exact) mass is 500 g/mol. The van der Waals surface area contributed by atoms with Crippen molar-refractivity contribution in [2.24, 2.45) is 0 Å². The Morgan fingerprint density at radius 1 is 0.472 bits per heavy atom. The van der Waals surface area contributed by atoms with Gasteiger partial charge in [-0.1, -0.05) is 72.8 Å². The maximum absolute atomic E-state index is 6.78. The van der Waals surface area contributed by atoms with Crippen LogP contribution in [0.4, 0.5) is 0 Å². The highest BCUT2D eigenvalue weighted by atomic mass is 28.4. The lowest BCUT2D eigenvalue weighted by Crippen LogP contribution is -2.44. The van der Waals surface area contributed by atoms with Crippen LogP contribution in [0.2, 0.25) is 26.2 Å². The van der Waals surface area contributed by atoms with Gasteiger partial charge < -0.3 is 8.85 Å². The van der Waals surface area contributed by atoms with Gasteiger partial charge in [-0.2, -0.15) is 0 Å². The second-order valence-electron chi connectivity index (χ2n) is 12.3. The molecule has 0 spiro atoms. The predicted molar refractivity (Wildman–Crippen MR) is 148 cm³/mol. The predicted octanol–water partition coefficient (Wildman–Crippen LogP) is 6.05. The molecule has 0 radical (unpaired) electrons. The van der Waals surface area contributed by atoms with E-state index in [1.54, 1.807) is 0 Å². The highest BCUT2D eigenvalue weighted by molar-refractivity contribution is 7.05. The number of hydrogen-bond acceptors (Lipinski definition) is 2. The van der Waals surface area contributed by atoms with Crippen LogP contribution in [0.3, 0.4) is 0 Å². The van der Waals surface area contributed by atoms with Gasteiger partial charge >= 0.3 is 0 Å². The Morgan fingerprint density at radius 3 is 1.22 bits per heavy atom. The first-order valence-electron chi connectivity index (χ1n) is 13.2. The van der Waals surface area contributed by atoms with Gasteiger partial charge in [0.15, 0.2) is 0 Å². The van der Waals surface area contributed by atoms with Crippen LogP contribution in [0.15, 0.2) is 72.8 Å². The maximum Gasteiger partial charge on any atom is 0.206 e. The molecule has 6 aliphatic rings. The average molecular weight is 501 g/mol. The van der Waals surface area contributed by atoms with E-state index in [1.807, 2.05) is 0 Å². The van der Waals surface area contributed by atoms with Crippen molar-refractivity contribution >= 4 is 27.0 Å². The molecular formula is C32H28O2Si2. The molecule has 4 aromatic carbocycles. The van der Waals surface area contributed by atoms with E-state index in [1.165, 1.54) is 66.0 Å². The third kappa shape index (κ3) is 2.23. The average Bonchev–Trinajstić information content (AvgIpc) is 3.48. The molecule has 0 fully saturated rings. The Balaban J connectivity index is 1.26. The van der Waals surface area contributed by atoms with E-state index in [2.05, 4.69) is 99.0 Å². The van der Waals surface area contributed by atoms with Gasteiger partial charge in [0, 0.05) is 11.8 Å². The first-order chi connectivity index (χ1) is 17.3. The standard InChI is InChI=1S/C32H28O2Si2/c1-35(2)27-15-25-26(16-28(27)36(3,4)34-35)32-24-14-22-21(13-23(24)31(25)33-32)29-17-9-5-7-11-19(17)30(22)20-12-8-6-10-18(20)29/h5-16,29-32H,1-4H3/t29?,30?,31-,32+. The van der Waals surface area contributed by atoms with E-state index < -0.39 is 16.6 Å². The lowest BCUT2D eigenvalue weighted by atomic mass is 9.60. The van der Waals surface area contributed by atoms with Crippen LogP contribution in [0.25, 0.3) is 0 Å².